The van der Waals surface area contributed by atoms with Gasteiger partial charge in [-0.2, -0.15) is 4.31 Å². The average molecular weight is 465 g/mol. The number of hydrogen-bond acceptors (Lipinski definition) is 8. The summed E-state index contributed by atoms with van der Waals surface area (Å²) in [5.74, 6) is -0.742. The van der Waals surface area contributed by atoms with E-state index in [1.54, 1.807) is 19.3 Å². The van der Waals surface area contributed by atoms with Crippen molar-refractivity contribution in [3.8, 4) is 0 Å². The Bertz CT molecular complexity index is 1060. The van der Waals surface area contributed by atoms with E-state index in [0.29, 0.717) is 24.4 Å². The maximum atomic E-state index is 12.8. The first-order chi connectivity index (χ1) is 15.0. The molecule has 3 heterocycles. The second-order valence-corrected chi connectivity index (χ2v) is 10.4. The first-order valence-electron chi connectivity index (χ1n) is 10.4. The van der Waals surface area contributed by atoms with Crippen LogP contribution in [-0.4, -0.2) is 54.3 Å². The van der Waals surface area contributed by atoms with Crippen LogP contribution in [0.4, 0.5) is 5.69 Å². The lowest BCUT2D eigenvalue weighted by Crippen LogP contribution is -2.41. The molecule has 1 aliphatic rings. The number of hydrogen-bond donors (Lipinski definition) is 1. The average Bonchev–Trinajstić information content (AvgIpc) is 3.25. The quantitative estimate of drug-likeness (QED) is 0.645. The van der Waals surface area contributed by atoms with Gasteiger partial charge >= 0.3 is 5.97 Å². The summed E-state index contributed by atoms with van der Waals surface area (Å²) in [6.07, 6.45) is 3.86. The maximum absolute atomic E-state index is 12.8. The molecule has 0 saturated carbocycles. The molecule has 0 spiro atoms. The van der Waals surface area contributed by atoms with Crippen molar-refractivity contribution in [2.45, 2.75) is 51.0 Å². The van der Waals surface area contributed by atoms with Gasteiger partial charge < -0.3 is 14.5 Å². The van der Waals surface area contributed by atoms with Crippen LogP contribution in [0.5, 0.6) is 0 Å². The van der Waals surface area contributed by atoms with Gasteiger partial charge in [-0.3, -0.25) is 4.79 Å². The molecule has 11 heteroatoms. The van der Waals surface area contributed by atoms with E-state index in [9.17, 15) is 18.0 Å². The van der Waals surface area contributed by atoms with Gasteiger partial charge in [-0.1, -0.05) is 20.8 Å². The number of furan rings is 1. The first kappa shape index (κ1) is 23.9. The molecule has 1 amide bonds. The molecular weight excluding hydrogens is 436 g/mol. The Morgan fingerprint density at radius 3 is 2.38 bits per heavy atom. The van der Waals surface area contributed by atoms with Gasteiger partial charge in [0.25, 0.3) is 10.0 Å². The Morgan fingerprint density at radius 1 is 1.19 bits per heavy atom. The number of nitrogens with zero attached hydrogens (tertiary/aromatic N) is 3. The Morgan fingerprint density at radius 2 is 1.81 bits per heavy atom. The summed E-state index contributed by atoms with van der Waals surface area (Å²) in [4.78, 5) is 32.9. The number of ether oxygens (including phenoxy) is 1. The number of amides is 1. The summed E-state index contributed by atoms with van der Waals surface area (Å²) in [6, 6.07) is 2.51. The largest absolute Gasteiger partial charge is 0.460 e. The van der Waals surface area contributed by atoms with Gasteiger partial charge in [0, 0.05) is 24.4 Å². The van der Waals surface area contributed by atoms with E-state index in [0.717, 1.165) is 0 Å². The predicted molar refractivity (Wildman–Crippen MR) is 116 cm³/mol. The molecule has 32 heavy (non-hydrogen) atoms. The fourth-order valence-corrected chi connectivity index (χ4v) is 4.66. The Hall–Kier alpha value is -2.79. The minimum Gasteiger partial charge on any atom is -0.460 e. The van der Waals surface area contributed by atoms with Gasteiger partial charge in [0.05, 0.1) is 24.7 Å². The van der Waals surface area contributed by atoms with Crippen molar-refractivity contribution < 1.29 is 27.2 Å². The third-order valence-corrected chi connectivity index (χ3v) is 6.84. The van der Waals surface area contributed by atoms with Crippen LogP contribution in [0.15, 0.2) is 34.0 Å². The van der Waals surface area contributed by atoms with Crippen LogP contribution < -0.4 is 5.32 Å². The number of aromatic nitrogens is 2. The van der Waals surface area contributed by atoms with Crippen molar-refractivity contribution in [3.63, 3.8) is 0 Å². The third kappa shape index (κ3) is 5.33. The summed E-state index contributed by atoms with van der Waals surface area (Å²) in [7, 11) is -3.91. The molecule has 10 nitrogen and oxygen atoms in total. The Labute approximate surface area is 187 Å². The number of rotatable bonds is 6. The zero-order chi connectivity index (χ0) is 23.5. The van der Waals surface area contributed by atoms with Crippen molar-refractivity contribution in [2.24, 2.45) is 5.92 Å². The Kier molecular flexibility index (Phi) is 6.99. The highest BCUT2D eigenvalue weighted by molar-refractivity contribution is 7.89. The molecule has 0 atom stereocenters. The van der Waals surface area contributed by atoms with Gasteiger partial charge in [-0.15, -0.1) is 0 Å². The van der Waals surface area contributed by atoms with E-state index in [2.05, 4.69) is 15.3 Å². The molecule has 174 valence electrons. The van der Waals surface area contributed by atoms with Crippen LogP contribution in [0.2, 0.25) is 0 Å². The summed E-state index contributed by atoms with van der Waals surface area (Å²) in [5.41, 5.74) is 0.312. The topological polar surface area (TPSA) is 132 Å². The van der Waals surface area contributed by atoms with E-state index >= 15 is 0 Å². The van der Waals surface area contributed by atoms with Crippen molar-refractivity contribution in [3.05, 3.63) is 36.1 Å². The summed E-state index contributed by atoms with van der Waals surface area (Å²) >= 11 is 0. The fourth-order valence-electron chi connectivity index (χ4n) is 3.28. The third-order valence-electron chi connectivity index (χ3n) is 5.07. The van der Waals surface area contributed by atoms with Gasteiger partial charge in [0.1, 0.15) is 5.82 Å². The van der Waals surface area contributed by atoms with Crippen molar-refractivity contribution in [1.29, 1.82) is 0 Å². The van der Waals surface area contributed by atoms with Gasteiger partial charge in [-0.25, -0.2) is 23.2 Å². The molecule has 2 aromatic rings. The highest BCUT2D eigenvalue weighted by Gasteiger charge is 2.34. The van der Waals surface area contributed by atoms with E-state index in [1.165, 1.54) is 16.4 Å². The molecule has 0 radical (unpaired) electrons. The Balaban J connectivity index is 1.58. The molecular formula is C21H28N4O6S. The lowest BCUT2D eigenvalue weighted by atomic mass is 9.96. The summed E-state index contributed by atoms with van der Waals surface area (Å²) in [5, 5.41) is 2.48. The van der Waals surface area contributed by atoms with Gasteiger partial charge in [0.15, 0.2) is 0 Å². The molecule has 1 aliphatic heterocycles. The molecule has 0 aromatic carbocycles. The SMILES string of the molecule is CCOC(=O)c1ccc(S(=O)(=O)N2CCC(C(=O)Nc3cnc(C(C)(C)C)nc3)CC2)o1. The lowest BCUT2D eigenvalue weighted by molar-refractivity contribution is -0.120. The molecule has 3 rings (SSSR count). The maximum Gasteiger partial charge on any atom is 0.374 e. The standard InChI is InChI=1S/C21H28N4O6S/c1-5-30-19(27)16-6-7-17(31-16)32(28,29)25-10-8-14(9-11-25)18(26)24-15-12-22-20(23-13-15)21(2,3)4/h6-7,12-14H,5,8-11H2,1-4H3,(H,24,26). The van der Waals surface area contributed by atoms with Crippen LogP contribution in [0.1, 0.15) is 56.9 Å². The van der Waals surface area contributed by atoms with Crippen molar-refractivity contribution in [1.82, 2.24) is 14.3 Å². The van der Waals surface area contributed by atoms with Crippen LogP contribution in [0.25, 0.3) is 0 Å². The van der Waals surface area contributed by atoms with Crippen LogP contribution in [0, 0.1) is 5.92 Å². The number of esters is 1. The van der Waals surface area contributed by atoms with Crippen LogP contribution >= 0.6 is 0 Å². The van der Waals surface area contributed by atoms with Crippen molar-refractivity contribution >= 4 is 27.6 Å². The van der Waals surface area contributed by atoms with E-state index in [1.807, 2.05) is 20.8 Å². The van der Waals surface area contributed by atoms with E-state index in [-0.39, 0.29) is 47.8 Å². The number of sulfonamides is 1. The van der Waals surface area contributed by atoms with Crippen LogP contribution in [-0.2, 0) is 25.0 Å². The normalized spacial score (nSPS) is 16.0. The fraction of sp³-hybridized carbons (Fsp3) is 0.524. The number of anilines is 1. The molecule has 1 fully saturated rings. The number of carbonyl (C=O) groups excluding carboxylic acids is 2. The zero-order valence-corrected chi connectivity index (χ0v) is 19.4. The second-order valence-electron chi connectivity index (χ2n) is 8.55. The molecule has 1 saturated heterocycles. The van der Waals surface area contributed by atoms with Gasteiger partial charge in [0.2, 0.25) is 16.8 Å². The lowest BCUT2D eigenvalue weighted by Gasteiger charge is -2.29. The van der Waals surface area contributed by atoms with Crippen LogP contribution in [0.3, 0.4) is 0 Å². The molecule has 0 aliphatic carbocycles. The predicted octanol–water partition coefficient (Wildman–Crippen LogP) is 2.58. The minimum absolute atomic E-state index is 0.157. The molecule has 1 N–H and O–H groups in total. The second kappa shape index (κ2) is 9.37. The molecule has 0 unspecified atom stereocenters. The highest BCUT2D eigenvalue weighted by atomic mass is 32.2. The summed E-state index contributed by atoms with van der Waals surface area (Å²) in [6.45, 7) is 8.13. The highest BCUT2D eigenvalue weighted by Crippen LogP contribution is 2.26. The van der Waals surface area contributed by atoms with E-state index in [4.69, 9.17) is 9.15 Å². The smallest absolute Gasteiger partial charge is 0.374 e. The number of nitrogens with one attached hydrogen (secondary N) is 1. The van der Waals surface area contributed by atoms with Gasteiger partial charge in [-0.05, 0) is 31.9 Å². The molecule has 2 aromatic heterocycles. The minimum atomic E-state index is -3.91. The number of carbonyl (C=O) groups is 2. The van der Waals surface area contributed by atoms with E-state index < -0.39 is 16.0 Å². The zero-order valence-electron chi connectivity index (χ0n) is 18.6. The van der Waals surface area contributed by atoms with Crippen molar-refractivity contribution in [2.75, 3.05) is 25.0 Å². The molecule has 0 bridgehead atoms. The summed E-state index contributed by atoms with van der Waals surface area (Å²) < 4.78 is 36.9. The monoisotopic (exact) mass is 464 g/mol. The first-order valence-corrected chi connectivity index (χ1v) is 11.9. The number of piperidine rings is 1.